The van der Waals surface area contributed by atoms with E-state index in [2.05, 4.69) is 13.8 Å². The zero-order valence-electron chi connectivity index (χ0n) is 26.3. The summed E-state index contributed by atoms with van der Waals surface area (Å²) in [4.78, 5) is 23.2. The molecule has 1 heterocycles. The van der Waals surface area contributed by atoms with Crippen LogP contribution < -0.4 is 4.74 Å². The van der Waals surface area contributed by atoms with Crippen molar-refractivity contribution in [2.75, 3.05) is 24.7 Å². The van der Waals surface area contributed by atoms with Gasteiger partial charge in [0, 0.05) is 28.9 Å². The molecule has 6 nitrogen and oxygen atoms in total. The minimum absolute atomic E-state index is 0.0139. The van der Waals surface area contributed by atoms with E-state index in [4.69, 9.17) is 14.6 Å². The van der Waals surface area contributed by atoms with Crippen LogP contribution in [-0.2, 0) is 20.7 Å². The van der Waals surface area contributed by atoms with E-state index in [0.29, 0.717) is 29.9 Å². The number of thioether (sulfide) groups is 2. The van der Waals surface area contributed by atoms with Crippen molar-refractivity contribution in [2.45, 2.75) is 127 Å². The second-order valence-electron chi connectivity index (χ2n) is 12.1. The topological polar surface area (TPSA) is 93.1 Å². The highest BCUT2D eigenvalue weighted by molar-refractivity contribution is 8.04. The number of aliphatic carboxylic acids is 1. The van der Waals surface area contributed by atoms with Crippen molar-refractivity contribution in [1.29, 1.82) is 0 Å². The molecule has 1 aromatic rings. The SMILES string of the molecule is CCCc1c(OCCCSCC2COC(CCCC(=O)O)(C3CCCCC3)S2)ccc(C(CC)C(CC)C(C)=O)c1O. The zero-order valence-corrected chi connectivity index (χ0v) is 28.0. The first-order valence-corrected chi connectivity index (χ1v) is 18.4. The lowest BCUT2D eigenvalue weighted by molar-refractivity contribution is -0.137. The number of carbonyl (C=O) groups is 2. The summed E-state index contributed by atoms with van der Waals surface area (Å²) >= 11 is 3.92. The lowest BCUT2D eigenvalue weighted by Gasteiger charge is -2.38. The van der Waals surface area contributed by atoms with Gasteiger partial charge in [-0.2, -0.15) is 11.8 Å². The Morgan fingerprint density at radius 3 is 2.55 bits per heavy atom. The van der Waals surface area contributed by atoms with E-state index in [0.717, 1.165) is 73.5 Å². The number of phenols is 1. The minimum atomic E-state index is -0.720. The molecule has 2 fully saturated rings. The average Bonchev–Trinajstić information content (AvgIpc) is 3.39. The molecule has 2 aliphatic rings. The summed E-state index contributed by atoms with van der Waals surface area (Å²) in [7, 11) is 0. The Balaban J connectivity index is 1.50. The Hall–Kier alpha value is -1.38. The van der Waals surface area contributed by atoms with Crippen LogP contribution in [0.3, 0.4) is 0 Å². The molecule has 1 saturated carbocycles. The Morgan fingerprint density at radius 2 is 1.90 bits per heavy atom. The maximum atomic E-state index is 12.3. The summed E-state index contributed by atoms with van der Waals surface area (Å²) < 4.78 is 12.7. The number of phenolic OH excluding ortho intramolecular Hbond substituents is 1. The quantitative estimate of drug-likeness (QED) is 0.148. The summed E-state index contributed by atoms with van der Waals surface area (Å²) in [6.07, 6.45) is 12.1. The highest BCUT2D eigenvalue weighted by Gasteiger charge is 2.46. The fourth-order valence-electron chi connectivity index (χ4n) is 6.94. The van der Waals surface area contributed by atoms with Crippen LogP contribution in [-0.4, -0.2) is 56.9 Å². The number of carboxylic acid groups (broad SMARTS) is 1. The van der Waals surface area contributed by atoms with E-state index < -0.39 is 5.97 Å². The van der Waals surface area contributed by atoms with E-state index in [1.807, 2.05) is 42.6 Å². The largest absolute Gasteiger partial charge is 0.507 e. The number of hydrogen-bond acceptors (Lipinski definition) is 7. The van der Waals surface area contributed by atoms with Crippen LogP contribution in [0.2, 0.25) is 0 Å². The number of ether oxygens (including phenoxy) is 2. The van der Waals surface area contributed by atoms with Gasteiger partial charge in [0.2, 0.25) is 0 Å². The third kappa shape index (κ3) is 9.56. The van der Waals surface area contributed by atoms with E-state index in [1.165, 1.54) is 32.1 Å². The fourth-order valence-corrected chi connectivity index (χ4v) is 9.88. The summed E-state index contributed by atoms with van der Waals surface area (Å²) in [5.74, 6) is 3.01. The van der Waals surface area contributed by atoms with Crippen molar-refractivity contribution in [2.24, 2.45) is 11.8 Å². The molecule has 0 aromatic heterocycles. The average molecular weight is 623 g/mol. The van der Waals surface area contributed by atoms with Crippen LogP contribution in [0, 0.1) is 11.8 Å². The Morgan fingerprint density at radius 1 is 1.14 bits per heavy atom. The van der Waals surface area contributed by atoms with Crippen LogP contribution in [0.1, 0.15) is 122 Å². The summed E-state index contributed by atoms with van der Waals surface area (Å²) in [6, 6.07) is 3.95. The molecule has 42 heavy (non-hydrogen) atoms. The molecular formula is C34H54O6S2. The number of ketones is 1. The molecule has 8 heteroatoms. The van der Waals surface area contributed by atoms with Gasteiger partial charge < -0.3 is 19.7 Å². The predicted molar refractivity (Wildman–Crippen MR) is 175 cm³/mol. The molecule has 0 bridgehead atoms. The fraction of sp³-hybridized carbons (Fsp3) is 0.765. The maximum absolute atomic E-state index is 12.3. The molecule has 1 saturated heterocycles. The lowest BCUT2D eigenvalue weighted by atomic mass is 9.79. The molecule has 3 rings (SSSR count). The maximum Gasteiger partial charge on any atom is 0.303 e. The normalized spacial score (nSPS) is 22.6. The van der Waals surface area contributed by atoms with E-state index in [-0.39, 0.29) is 29.0 Å². The van der Waals surface area contributed by atoms with Gasteiger partial charge in [0.1, 0.15) is 22.2 Å². The van der Waals surface area contributed by atoms with Crippen LogP contribution in [0.25, 0.3) is 0 Å². The summed E-state index contributed by atoms with van der Waals surface area (Å²) in [6.45, 7) is 9.24. The van der Waals surface area contributed by atoms with Crippen molar-refractivity contribution < 1.29 is 29.3 Å². The highest BCUT2D eigenvalue weighted by Crippen LogP contribution is 2.51. The van der Waals surface area contributed by atoms with Gasteiger partial charge in [0.25, 0.3) is 0 Å². The van der Waals surface area contributed by atoms with Crippen molar-refractivity contribution >= 4 is 35.3 Å². The van der Waals surface area contributed by atoms with Gasteiger partial charge in [0.15, 0.2) is 0 Å². The number of rotatable bonds is 19. The van der Waals surface area contributed by atoms with Crippen molar-refractivity contribution in [3.8, 4) is 11.5 Å². The minimum Gasteiger partial charge on any atom is -0.507 e. The third-order valence-corrected chi connectivity index (χ3v) is 12.2. The molecule has 4 unspecified atom stereocenters. The number of Topliss-reactive ketones (excluding diaryl/α,β-unsaturated/α-hetero) is 1. The molecule has 1 aliphatic heterocycles. The Labute approximate surface area is 262 Å². The third-order valence-electron chi connectivity index (χ3n) is 9.08. The first kappa shape index (κ1) is 35.1. The Kier molecular flexibility index (Phi) is 14.9. The smallest absolute Gasteiger partial charge is 0.303 e. The number of carboxylic acids is 1. The second kappa shape index (κ2) is 17.8. The van der Waals surface area contributed by atoms with E-state index in [1.54, 1.807) is 6.92 Å². The van der Waals surface area contributed by atoms with E-state index in [9.17, 15) is 14.7 Å². The van der Waals surface area contributed by atoms with Crippen LogP contribution in [0.5, 0.6) is 11.5 Å². The molecule has 238 valence electrons. The van der Waals surface area contributed by atoms with Gasteiger partial charge in [-0.1, -0.05) is 52.5 Å². The first-order valence-electron chi connectivity index (χ1n) is 16.3. The molecule has 0 radical (unpaired) electrons. The molecule has 4 atom stereocenters. The van der Waals surface area contributed by atoms with Gasteiger partial charge in [-0.15, -0.1) is 11.8 Å². The van der Waals surface area contributed by atoms with Gasteiger partial charge in [-0.25, -0.2) is 0 Å². The monoisotopic (exact) mass is 622 g/mol. The van der Waals surface area contributed by atoms with Crippen LogP contribution >= 0.6 is 23.5 Å². The summed E-state index contributed by atoms with van der Waals surface area (Å²) in [5, 5.41) is 20.9. The zero-order chi connectivity index (χ0) is 30.5. The van der Waals surface area contributed by atoms with Crippen molar-refractivity contribution in [1.82, 2.24) is 0 Å². The number of carbonyl (C=O) groups excluding carboxylic acids is 1. The molecule has 1 aromatic carbocycles. The molecule has 1 aliphatic carbocycles. The van der Waals surface area contributed by atoms with E-state index >= 15 is 0 Å². The molecular weight excluding hydrogens is 569 g/mol. The number of hydrogen-bond donors (Lipinski definition) is 2. The van der Waals surface area contributed by atoms with Crippen LogP contribution in [0.4, 0.5) is 0 Å². The van der Waals surface area contributed by atoms with Gasteiger partial charge >= 0.3 is 5.97 Å². The van der Waals surface area contributed by atoms with Gasteiger partial charge in [-0.05, 0) is 87.5 Å². The number of benzene rings is 1. The van der Waals surface area contributed by atoms with Gasteiger partial charge in [-0.3, -0.25) is 9.59 Å². The van der Waals surface area contributed by atoms with Crippen molar-refractivity contribution in [3.05, 3.63) is 23.3 Å². The lowest BCUT2D eigenvalue weighted by Crippen LogP contribution is -2.36. The molecule has 0 amide bonds. The Bertz CT molecular complexity index is 994. The number of aromatic hydroxyl groups is 1. The molecule has 2 N–H and O–H groups in total. The first-order chi connectivity index (χ1) is 20.3. The molecule has 0 spiro atoms. The standard InChI is InChI=1S/C34H54O6S2/c1-5-13-30-31(18-17-29(33(30)38)28(7-3)27(6-2)24(4)35)39-20-12-21-41-23-26-22-40-34(42-26,19-11-16-32(36)37)25-14-9-8-10-15-25/h17-18,25-28,38H,5-16,19-23H2,1-4H3,(H,36,37). The second-order valence-corrected chi connectivity index (χ2v) is 14.8. The summed E-state index contributed by atoms with van der Waals surface area (Å²) in [5.41, 5.74) is 1.73. The van der Waals surface area contributed by atoms with Gasteiger partial charge in [0.05, 0.1) is 13.2 Å². The highest BCUT2D eigenvalue weighted by atomic mass is 32.2. The predicted octanol–water partition coefficient (Wildman–Crippen LogP) is 8.62. The van der Waals surface area contributed by atoms with Crippen LogP contribution in [0.15, 0.2) is 12.1 Å². The van der Waals surface area contributed by atoms with Crippen molar-refractivity contribution in [3.63, 3.8) is 0 Å².